The highest BCUT2D eigenvalue weighted by atomic mass is 19.1. The van der Waals surface area contributed by atoms with E-state index < -0.39 is 11.6 Å². The van der Waals surface area contributed by atoms with Crippen molar-refractivity contribution >= 4 is 0 Å². The summed E-state index contributed by atoms with van der Waals surface area (Å²) in [7, 11) is 0. The van der Waals surface area contributed by atoms with Crippen molar-refractivity contribution in [3.63, 3.8) is 0 Å². The molecular weight excluding hydrogens is 174 g/mol. The standard InChI is InChI=1S/C10H11F2O/c1-2-3-13-7-8-4-9(11)6-10(12)5-8/h3-6H,2,7H2,1H3. The Labute approximate surface area is 76.3 Å². The van der Waals surface area contributed by atoms with E-state index in [9.17, 15) is 8.78 Å². The number of hydrogen-bond acceptors (Lipinski definition) is 1. The zero-order valence-electron chi connectivity index (χ0n) is 7.39. The lowest BCUT2D eigenvalue weighted by Crippen LogP contribution is -1.92. The summed E-state index contributed by atoms with van der Waals surface area (Å²) < 4.78 is 30.3. The summed E-state index contributed by atoms with van der Waals surface area (Å²) in [6, 6.07) is 3.35. The minimum absolute atomic E-state index is 0.211. The second-order valence-electron chi connectivity index (χ2n) is 2.66. The molecule has 1 aromatic rings. The third-order valence-corrected chi connectivity index (χ3v) is 1.46. The summed E-state index contributed by atoms with van der Waals surface area (Å²) in [6.45, 7) is 3.73. The molecule has 0 aliphatic carbocycles. The van der Waals surface area contributed by atoms with Crippen molar-refractivity contribution in [3.8, 4) is 0 Å². The Hall–Kier alpha value is -0.960. The second-order valence-corrected chi connectivity index (χ2v) is 2.66. The van der Waals surface area contributed by atoms with Crippen LogP contribution in [0.2, 0.25) is 0 Å². The van der Waals surface area contributed by atoms with Crippen molar-refractivity contribution in [2.24, 2.45) is 0 Å². The molecule has 71 valence electrons. The SMILES string of the molecule is CC[CH]OCc1cc(F)cc(F)c1. The van der Waals surface area contributed by atoms with Gasteiger partial charge < -0.3 is 4.74 Å². The van der Waals surface area contributed by atoms with Gasteiger partial charge in [-0.15, -0.1) is 0 Å². The van der Waals surface area contributed by atoms with Crippen LogP contribution in [0.15, 0.2) is 18.2 Å². The minimum atomic E-state index is -0.574. The highest BCUT2D eigenvalue weighted by Crippen LogP contribution is 2.09. The van der Waals surface area contributed by atoms with Crippen LogP contribution >= 0.6 is 0 Å². The summed E-state index contributed by atoms with van der Waals surface area (Å²) in [6.07, 6.45) is 0.776. The molecule has 0 fully saturated rings. The summed E-state index contributed by atoms with van der Waals surface area (Å²) >= 11 is 0. The van der Waals surface area contributed by atoms with Gasteiger partial charge in [0.1, 0.15) is 11.6 Å². The first-order valence-electron chi connectivity index (χ1n) is 4.10. The maximum absolute atomic E-state index is 12.6. The quantitative estimate of drug-likeness (QED) is 0.655. The van der Waals surface area contributed by atoms with Gasteiger partial charge in [-0.3, -0.25) is 0 Å². The van der Waals surface area contributed by atoms with E-state index in [2.05, 4.69) is 0 Å². The van der Waals surface area contributed by atoms with Crippen LogP contribution in [0.4, 0.5) is 8.78 Å². The summed E-state index contributed by atoms with van der Waals surface area (Å²) in [5.41, 5.74) is 0.502. The lowest BCUT2D eigenvalue weighted by molar-refractivity contribution is 0.180. The van der Waals surface area contributed by atoms with Crippen LogP contribution in [0.5, 0.6) is 0 Å². The van der Waals surface area contributed by atoms with Crippen LogP contribution in [0.1, 0.15) is 18.9 Å². The second kappa shape index (κ2) is 4.92. The number of benzene rings is 1. The average Bonchev–Trinajstić information content (AvgIpc) is 2.03. The van der Waals surface area contributed by atoms with Crippen LogP contribution in [0, 0.1) is 18.2 Å². The van der Waals surface area contributed by atoms with Crippen LogP contribution in [0.25, 0.3) is 0 Å². The number of halogens is 2. The fourth-order valence-corrected chi connectivity index (χ4v) is 0.967. The topological polar surface area (TPSA) is 9.23 Å². The van der Waals surface area contributed by atoms with E-state index in [4.69, 9.17) is 4.74 Å². The largest absolute Gasteiger partial charge is 0.371 e. The van der Waals surface area contributed by atoms with Crippen LogP contribution in [-0.4, -0.2) is 0 Å². The molecule has 0 N–H and O–H groups in total. The van der Waals surface area contributed by atoms with Crippen LogP contribution in [-0.2, 0) is 11.3 Å². The Morgan fingerprint density at radius 3 is 2.38 bits per heavy atom. The molecule has 1 aromatic carbocycles. The zero-order valence-corrected chi connectivity index (χ0v) is 7.39. The molecule has 0 saturated heterocycles. The Morgan fingerprint density at radius 2 is 1.85 bits per heavy atom. The van der Waals surface area contributed by atoms with Crippen molar-refractivity contribution in [1.82, 2.24) is 0 Å². The lowest BCUT2D eigenvalue weighted by atomic mass is 10.2. The molecule has 0 unspecified atom stereocenters. The van der Waals surface area contributed by atoms with E-state index in [-0.39, 0.29) is 6.61 Å². The van der Waals surface area contributed by atoms with Gasteiger partial charge in [0.05, 0.1) is 13.2 Å². The van der Waals surface area contributed by atoms with Gasteiger partial charge in [0, 0.05) is 6.07 Å². The predicted molar refractivity (Wildman–Crippen MR) is 45.7 cm³/mol. The highest BCUT2D eigenvalue weighted by Gasteiger charge is 1.99. The first-order chi connectivity index (χ1) is 6.22. The molecule has 0 saturated carbocycles. The summed E-state index contributed by atoms with van der Waals surface area (Å²) in [5.74, 6) is -1.15. The van der Waals surface area contributed by atoms with Gasteiger partial charge in [-0.05, 0) is 24.1 Å². The Kier molecular flexibility index (Phi) is 3.83. The van der Waals surface area contributed by atoms with Gasteiger partial charge in [-0.25, -0.2) is 8.78 Å². The molecule has 0 aliphatic rings. The molecule has 3 heteroatoms. The van der Waals surface area contributed by atoms with Crippen molar-refractivity contribution < 1.29 is 13.5 Å². The molecule has 0 spiro atoms. The van der Waals surface area contributed by atoms with Gasteiger partial charge >= 0.3 is 0 Å². The van der Waals surface area contributed by atoms with Crippen molar-refractivity contribution in [1.29, 1.82) is 0 Å². The minimum Gasteiger partial charge on any atom is -0.371 e. The van der Waals surface area contributed by atoms with E-state index in [1.54, 1.807) is 6.61 Å². The van der Waals surface area contributed by atoms with E-state index in [0.717, 1.165) is 12.5 Å². The highest BCUT2D eigenvalue weighted by molar-refractivity contribution is 5.16. The molecule has 0 aromatic heterocycles. The molecule has 13 heavy (non-hydrogen) atoms. The fourth-order valence-electron chi connectivity index (χ4n) is 0.967. The first-order valence-corrected chi connectivity index (χ1v) is 4.10. The summed E-state index contributed by atoms with van der Waals surface area (Å²) in [4.78, 5) is 0. The van der Waals surface area contributed by atoms with E-state index >= 15 is 0 Å². The van der Waals surface area contributed by atoms with Gasteiger partial charge in [-0.2, -0.15) is 0 Å². The average molecular weight is 185 g/mol. The maximum Gasteiger partial charge on any atom is 0.126 e. The lowest BCUT2D eigenvalue weighted by Gasteiger charge is -2.02. The third-order valence-electron chi connectivity index (χ3n) is 1.46. The van der Waals surface area contributed by atoms with Gasteiger partial charge in [-0.1, -0.05) is 6.92 Å². The third kappa shape index (κ3) is 3.51. The number of rotatable bonds is 4. The summed E-state index contributed by atoms with van der Waals surface area (Å²) in [5, 5.41) is 0. The zero-order chi connectivity index (χ0) is 9.68. The molecule has 0 heterocycles. The normalized spacial score (nSPS) is 10.4. The van der Waals surface area contributed by atoms with E-state index in [0.29, 0.717) is 5.56 Å². The molecule has 0 aliphatic heterocycles. The van der Waals surface area contributed by atoms with Crippen LogP contribution < -0.4 is 0 Å². The molecule has 1 rings (SSSR count). The van der Waals surface area contributed by atoms with Gasteiger partial charge in [0.25, 0.3) is 0 Å². The molecule has 0 bridgehead atoms. The van der Waals surface area contributed by atoms with E-state index in [1.165, 1.54) is 12.1 Å². The molecule has 0 atom stereocenters. The Morgan fingerprint density at radius 1 is 1.23 bits per heavy atom. The predicted octanol–water partition coefficient (Wildman–Crippen LogP) is 3.05. The maximum atomic E-state index is 12.6. The first kappa shape index (κ1) is 10.1. The molecular formula is C10H11F2O. The Bertz CT molecular complexity index is 253. The number of ether oxygens (including phenoxy) is 1. The molecule has 0 amide bonds. The number of hydrogen-bond donors (Lipinski definition) is 0. The monoisotopic (exact) mass is 185 g/mol. The van der Waals surface area contributed by atoms with Gasteiger partial charge in [0.15, 0.2) is 0 Å². The van der Waals surface area contributed by atoms with Crippen molar-refractivity contribution in [2.45, 2.75) is 20.0 Å². The molecule has 1 nitrogen and oxygen atoms in total. The van der Waals surface area contributed by atoms with Crippen LogP contribution in [0.3, 0.4) is 0 Å². The van der Waals surface area contributed by atoms with Gasteiger partial charge in [0.2, 0.25) is 0 Å². The fraction of sp³-hybridized carbons (Fsp3) is 0.300. The van der Waals surface area contributed by atoms with E-state index in [1.807, 2.05) is 6.92 Å². The molecule has 1 radical (unpaired) electrons. The Balaban J connectivity index is 2.56. The van der Waals surface area contributed by atoms with Crippen molar-refractivity contribution in [2.75, 3.05) is 0 Å². The smallest absolute Gasteiger partial charge is 0.126 e. The van der Waals surface area contributed by atoms with Crippen molar-refractivity contribution in [3.05, 3.63) is 42.0 Å².